The van der Waals surface area contributed by atoms with Crippen molar-refractivity contribution in [2.75, 3.05) is 6.61 Å². The van der Waals surface area contributed by atoms with Gasteiger partial charge in [0.25, 0.3) is 5.78 Å². The Morgan fingerprint density at radius 1 is 0.952 bits per heavy atom. The number of hydrogen-bond donors (Lipinski definition) is 0. The van der Waals surface area contributed by atoms with E-state index < -0.39 is 11.8 Å². The second kappa shape index (κ2) is 5.92. The Hall–Kier alpha value is -2.42. The van der Waals surface area contributed by atoms with E-state index in [2.05, 4.69) is 12.1 Å². The van der Waals surface area contributed by atoms with Crippen molar-refractivity contribution < 1.29 is 14.3 Å². The summed E-state index contributed by atoms with van der Waals surface area (Å²) in [5.41, 5.74) is 1.64. The molecule has 3 rings (SSSR count). The summed E-state index contributed by atoms with van der Waals surface area (Å²) in [5.74, 6) is -0.557. The highest BCUT2D eigenvalue weighted by Crippen LogP contribution is 2.47. The van der Waals surface area contributed by atoms with Crippen molar-refractivity contribution in [2.45, 2.75) is 12.3 Å². The van der Waals surface area contributed by atoms with Crippen LogP contribution >= 0.6 is 0 Å². The van der Waals surface area contributed by atoms with E-state index in [1.165, 1.54) is 5.56 Å². The van der Waals surface area contributed by atoms with Gasteiger partial charge in [0.05, 0.1) is 6.61 Å². The average Bonchev–Trinajstić information content (AvgIpc) is 3.33. The number of carbonyl (C=O) groups is 2. The first-order valence-corrected chi connectivity index (χ1v) is 7.07. The SMILES string of the molecule is O=C(OCC1CC1c1ccccc1)C(=O)c1ccccc1. The summed E-state index contributed by atoms with van der Waals surface area (Å²) >= 11 is 0. The summed E-state index contributed by atoms with van der Waals surface area (Å²) in [6, 6.07) is 18.7. The molecular weight excluding hydrogens is 264 g/mol. The zero-order valence-corrected chi connectivity index (χ0v) is 11.6. The van der Waals surface area contributed by atoms with E-state index in [1.807, 2.05) is 18.2 Å². The summed E-state index contributed by atoms with van der Waals surface area (Å²) in [5, 5.41) is 0. The number of Topliss-reactive ketones (excluding diaryl/α,β-unsaturated/α-hetero) is 1. The Bertz CT molecular complexity index is 634. The number of rotatable bonds is 5. The van der Waals surface area contributed by atoms with Crippen LogP contribution in [0.25, 0.3) is 0 Å². The number of ether oxygens (including phenoxy) is 1. The Kier molecular flexibility index (Phi) is 3.82. The molecule has 2 atom stereocenters. The maximum absolute atomic E-state index is 11.9. The maximum atomic E-state index is 11.9. The molecule has 2 unspecified atom stereocenters. The van der Waals surface area contributed by atoms with Crippen molar-refractivity contribution in [3.63, 3.8) is 0 Å². The molecule has 1 saturated carbocycles. The quantitative estimate of drug-likeness (QED) is 0.480. The number of hydrogen-bond acceptors (Lipinski definition) is 3. The fourth-order valence-corrected chi connectivity index (χ4v) is 2.50. The number of benzene rings is 2. The van der Waals surface area contributed by atoms with Gasteiger partial charge in [0, 0.05) is 11.5 Å². The first-order valence-electron chi connectivity index (χ1n) is 7.07. The predicted molar refractivity (Wildman–Crippen MR) is 79.0 cm³/mol. The summed E-state index contributed by atoms with van der Waals surface area (Å²) in [4.78, 5) is 23.6. The average molecular weight is 280 g/mol. The number of ketones is 1. The lowest BCUT2D eigenvalue weighted by atomic mass is 10.1. The zero-order chi connectivity index (χ0) is 14.7. The van der Waals surface area contributed by atoms with Crippen molar-refractivity contribution in [3.05, 3.63) is 71.8 Å². The highest BCUT2D eigenvalue weighted by Gasteiger charge is 2.39. The van der Waals surface area contributed by atoms with Gasteiger partial charge < -0.3 is 4.74 Å². The van der Waals surface area contributed by atoms with Crippen LogP contribution in [0.3, 0.4) is 0 Å². The van der Waals surface area contributed by atoms with Crippen molar-refractivity contribution in [3.8, 4) is 0 Å². The van der Waals surface area contributed by atoms with Crippen LogP contribution < -0.4 is 0 Å². The van der Waals surface area contributed by atoms with Gasteiger partial charge in [-0.05, 0) is 17.9 Å². The molecule has 1 fully saturated rings. The van der Waals surface area contributed by atoms with E-state index >= 15 is 0 Å². The molecule has 0 saturated heterocycles. The van der Waals surface area contributed by atoms with Gasteiger partial charge in [-0.1, -0.05) is 60.7 Å². The Balaban J connectivity index is 1.51. The van der Waals surface area contributed by atoms with Crippen molar-refractivity contribution in [1.82, 2.24) is 0 Å². The van der Waals surface area contributed by atoms with Crippen molar-refractivity contribution in [2.24, 2.45) is 5.92 Å². The minimum absolute atomic E-state index is 0.316. The topological polar surface area (TPSA) is 43.4 Å². The second-order valence-corrected chi connectivity index (χ2v) is 5.31. The van der Waals surface area contributed by atoms with Gasteiger partial charge in [0.15, 0.2) is 0 Å². The van der Waals surface area contributed by atoms with Crippen LogP contribution in [0.5, 0.6) is 0 Å². The molecule has 3 nitrogen and oxygen atoms in total. The molecule has 0 bridgehead atoms. The fraction of sp³-hybridized carbons (Fsp3) is 0.222. The smallest absolute Gasteiger partial charge is 0.379 e. The monoisotopic (exact) mass is 280 g/mol. The van der Waals surface area contributed by atoms with E-state index in [9.17, 15) is 9.59 Å². The van der Waals surface area contributed by atoms with Crippen LogP contribution in [0.2, 0.25) is 0 Å². The molecule has 1 aliphatic rings. The molecule has 106 valence electrons. The first kappa shape index (κ1) is 13.6. The van der Waals surface area contributed by atoms with Crippen molar-refractivity contribution >= 4 is 11.8 Å². The summed E-state index contributed by atoms with van der Waals surface area (Å²) in [7, 11) is 0. The van der Waals surface area contributed by atoms with Crippen LogP contribution in [0.1, 0.15) is 28.3 Å². The standard InChI is InChI=1S/C18H16O3/c19-17(14-9-5-2-6-10-14)18(20)21-12-15-11-16(15)13-7-3-1-4-8-13/h1-10,15-16H,11-12H2. The summed E-state index contributed by atoms with van der Waals surface area (Å²) in [6.07, 6.45) is 1.01. The summed E-state index contributed by atoms with van der Waals surface area (Å²) < 4.78 is 5.15. The van der Waals surface area contributed by atoms with Crippen molar-refractivity contribution in [1.29, 1.82) is 0 Å². The molecule has 0 aromatic heterocycles. The number of esters is 1. The molecule has 0 N–H and O–H groups in total. The minimum Gasteiger partial charge on any atom is -0.459 e. The third-order valence-electron chi connectivity index (χ3n) is 3.80. The molecule has 2 aromatic carbocycles. The highest BCUT2D eigenvalue weighted by atomic mass is 16.5. The van der Waals surface area contributed by atoms with E-state index in [4.69, 9.17) is 4.74 Å². The fourth-order valence-electron chi connectivity index (χ4n) is 2.50. The maximum Gasteiger partial charge on any atom is 0.379 e. The molecule has 2 aromatic rings. The molecule has 3 heteroatoms. The van der Waals surface area contributed by atoms with Gasteiger partial charge in [-0.25, -0.2) is 4.79 Å². The minimum atomic E-state index is -0.764. The van der Waals surface area contributed by atoms with Crippen LogP contribution in [0, 0.1) is 5.92 Å². The predicted octanol–water partition coefficient (Wildman–Crippen LogP) is 3.22. The van der Waals surface area contributed by atoms with E-state index in [0.717, 1.165) is 6.42 Å². The largest absolute Gasteiger partial charge is 0.459 e. The Morgan fingerprint density at radius 3 is 2.24 bits per heavy atom. The molecule has 0 aliphatic heterocycles. The van der Waals surface area contributed by atoms with E-state index in [1.54, 1.807) is 30.3 Å². The van der Waals surface area contributed by atoms with Crippen LogP contribution in [-0.4, -0.2) is 18.4 Å². The molecular formula is C18H16O3. The zero-order valence-electron chi connectivity index (χ0n) is 11.6. The molecule has 0 heterocycles. The lowest BCUT2D eigenvalue weighted by Crippen LogP contribution is -2.18. The van der Waals surface area contributed by atoms with Crippen LogP contribution in [0.4, 0.5) is 0 Å². The molecule has 0 radical (unpaired) electrons. The lowest BCUT2D eigenvalue weighted by Gasteiger charge is -2.04. The van der Waals surface area contributed by atoms with Gasteiger partial charge in [0.1, 0.15) is 0 Å². The number of carbonyl (C=O) groups excluding carboxylic acids is 2. The molecule has 0 spiro atoms. The van der Waals surface area contributed by atoms with Gasteiger partial charge in [-0.2, -0.15) is 0 Å². The van der Waals surface area contributed by atoms with E-state index in [-0.39, 0.29) is 0 Å². The first-order chi connectivity index (χ1) is 10.3. The highest BCUT2D eigenvalue weighted by molar-refractivity contribution is 6.40. The molecule has 1 aliphatic carbocycles. The van der Waals surface area contributed by atoms with Crippen LogP contribution in [-0.2, 0) is 9.53 Å². The lowest BCUT2D eigenvalue weighted by molar-refractivity contribution is -0.138. The molecule has 0 amide bonds. The Labute approximate surface area is 123 Å². The third kappa shape index (κ3) is 3.19. The Morgan fingerprint density at radius 2 is 1.57 bits per heavy atom. The molecule has 21 heavy (non-hydrogen) atoms. The van der Waals surface area contributed by atoms with Gasteiger partial charge in [-0.3, -0.25) is 4.79 Å². The normalized spacial score (nSPS) is 19.8. The third-order valence-corrected chi connectivity index (χ3v) is 3.80. The van der Waals surface area contributed by atoms with Gasteiger partial charge >= 0.3 is 5.97 Å². The van der Waals surface area contributed by atoms with Crippen LogP contribution in [0.15, 0.2) is 60.7 Å². The second-order valence-electron chi connectivity index (χ2n) is 5.31. The van der Waals surface area contributed by atoms with Gasteiger partial charge in [0.2, 0.25) is 0 Å². The van der Waals surface area contributed by atoms with Gasteiger partial charge in [-0.15, -0.1) is 0 Å². The van der Waals surface area contributed by atoms with E-state index in [0.29, 0.717) is 24.0 Å². The summed E-state index contributed by atoms with van der Waals surface area (Å²) in [6.45, 7) is 0.316.